The predicted molar refractivity (Wildman–Crippen MR) is 117 cm³/mol. The summed E-state index contributed by atoms with van der Waals surface area (Å²) in [4.78, 5) is 12.7. The van der Waals surface area contributed by atoms with E-state index >= 15 is 0 Å². The van der Waals surface area contributed by atoms with Gasteiger partial charge in [0.05, 0.1) is 12.1 Å². The lowest BCUT2D eigenvalue weighted by atomic mass is 10.1. The van der Waals surface area contributed by atoms with Crippen molar-refractivity contribution in [3.8, 4) is 22.9 Å². The highest BCUT2D eigenvalue weighted by Crippen LogP contribution is 2.44. The van der Waals surface area contributed by atoms with Crippen LogP contribution in [0.5, 0.6) is 11.8 Å². The lowest BCUT2D eigenvalue weighted by Crippen LogP contribution is -1.93. The molecule has 0 bridgehead atoms. The van der Waals surface area contributed by atoms with Crippen LogP contribution in [0.2, 0.25) is 0 Å². The van der Waals surface area contributed by atoms with E-state index in [1.165, 1.54) is 0 Å². The Morgan fingerprint density at radius 3 is 2.65 bits per heavy atom. The maximum atomic E-state index is 6.15. The summed E-state index contributed by atoms with van der Waals surface area (Å²) in [5, 5.41) is 0.976. The molecule has 5 nitrogen and oxygen atoms in total. The summed E-state index contributed by atoms with van der Waals surface area (Å²) in [6.07, 6.45) is 3.42. The summed E-state index contributed by atoms with van der Waals surface area (Å²) in [6.45, 7) is 1.90. The Hall–Kier alpha value is -1.78. The molecule has 26 heavy (non-hydrogen) atoms. The minimum absolute atomic E-state index is 0.339. The Balaban J connectivity index is 1.73. The number of aryl methyl sites for hydroxylation is 1. The lowest BCUT2D eigenvalue weighted by molar-refractivity contribution is 0.440. The van der Waals surface area contributed by atoms with Crippen LogP contribution in [-0.4, -0.2) is 15.0 Å². The van der Waals surface area contributed by atoms with Crippen LogP contribution in [0.1, 0.15) is 5.69 Å². The number of fused-ring (bicyclic) bond motifs is 1. The third kappa shape index (κ3) is 3.28. The molecular weight excluding hydrogens is 527 g/mol. The average Bonchev–Trinajstić information content (AvgIpc) is 2.97. The van der Waals surface area contributed by atoms with E-state index in [4.69, 9.17) is 10.5 Å². The highest BCUT2D eigenvalue weighted by Gasteiger charge is 2.17. The fourth-order valence-electron chi connectivity index (χ4n) is 2.59. The standard InChI is InChI=1S/C18H12BrIN4OS/c1-9-6-7-22-18(24-9)25-11-4-2-10(3-5-11)13-14-15(26-16(13)20)12(19)8-23-17(14)21/h2-8H,1H3,(H2,21,23). The highest BCUT2D eigenvalue weighted by molar-refractivity contribution is 14.1. The van der Waals surface area contributed by atoms with Crippen molar-refractivity contribution in [3.05, 3.63) is 55.8 Å². The molecule has 130 valence electrons. The maximum absolute atomic E-state index is 6.15. The number of benzene rings is 1. The second kappa shape index (κ2) is 7.09. The molecule has 0 spiro atoms. The number of anilines is 1. The summed E-state index contributed by atoms with van der Waals surface area (Å²) < 4.78 is 8.94. The number of rotatable bonds is 3. The Bertz CT molecular complexity index is 1110. The molecule has 2 N–H and O–H groups in total. The molecule has 4 rings (SSSR count). The molecule has 0 aliphatic heterocycles. The first kappa shape index (κ1) is 17.6. The van der Waals surface area contributed by atoms with Gasteiger partial charge in [0.1, 0.15) is 11.6 Å². The van der Waals surface area contributed by atoms with Crippen LogP contribution in [0.15, 0.2) is 47.2 Å². The monoisotopic (exact) mass is 538 g/mol. The van der Waals surface area contributed by atoms with Gasteiger partial charge in [-0.25, -0.2) is 15.0 Å². The topological polar surface area (TPSA) is 73.9 Å². The number of nitrogens with two attached hydrogens (primary N) is 1. The van der Waals surface area contributed by atoms with Gasteiger partial charge in [0.15, 0.2) is 0 Å². The van der Waals surface area contributed by atoms with Crippen LogP contribution in [0.25, 0.3) is 21.2 Å². The number of pyridine rings is 1. The van der Waals surface area contributed by atoms with Crippen molar-refractivity contribution in [2.24, 2.45) is 0 Å². The van der Waals surface area contributed by atoms with Gasteiger partial charge in [-0.1, -0.05) is 12.1 Å². The Morgan fingerprint density at radius 1 is 1.15 bits per heavy atom. The quantitative estimate of drug-likeness (QED) is 0.333. The van der Waals surface area contributed by atoms with Crippen molar-refractivity contribution in [1.29, 1.82) is 0 Å². The van der Waals surface area contributed by atoms with Gasteiger partial charge in [-0.15, -0.1) is 11.3 Å². The molecule has 3 aromatic heterocycles. The summed E-state index contributed by atoms with van der Waals surface area (Å²) in [5.74, 6) is 1.21. The molecule has 0 saturated carbocycles. The van der Waals surface area contributed by atoms with E-state index in [1.807, 2.05) is 37.3 Å². The molecule has 0 radical (unpaired) electrons. The first-order valence-electron chi connectivity index (χ1n) is 7.63. The molecular formula is C18H12BrIN4OS. The van der Waals surface area contributed by atoms with Gasteiger partial charge >= 0.3 is 6.01 Å². The van der Waals surface area contributed by atoms with Crippen molar-refractivity contribution in [1.82, 2.24) is 15.0 Å². The number of aromatic nitrogens is 3. The molecule has 3 heterocycles. The van der Waals surface area contributed by atoms with E-state index in [0.717, 1.165) is 34.3 Å². The minimum atomic E-state index is 0.339. The van der Waals surface area contributed by atoms with Gasteiger partial charge in [0, 0.05) is 29.0 Å². The zero-order chi connectivity index (χ0) is 18.3. The number of thiophene rings is 1. The Kier molecular flexibility index (Phi) is 4.80. The Labute approximate surface area is 175 Å². The fraction of sp³-hybridized carbons (Fsp3) is 0.0556. The van der Waals surface area contributed by atoms with Crippen molar-refractivity contribution in [2.45, 2.75) is 6.92 Å². The Morgan fingerprint density at radius 2 is 1.92 bits per heavy atom. The molecule has 8 heteroatoms. The summed E-state index contributed by atoms with van der Waals surface area (Å²) in [5.41, 5.74) is 9.17. The molecule has 0 saturated heterocycles. The van der Waals surface area contributed by atoms with Crippen molar-refractivity contribution in [2.75, 3.05) is 5.73 Å². The zero-order valence-corrected chi connectivity index (χ0v) is 18.1. The van der Waals surface area contributed by atoms with Crippen LogP contribution >= 0.6 is 49.9 Å². The van der Waals surface area contributed by atoms with Crippen LogP contribution in [-0.2, 0) is 0 Å². The average molecular weight is 539 g/mol. The molecule has 0 aliphatic rings. The van der Waals surface area contributed by atoms with E-state index in [-0.39, 0.29) is 0 Å². The number of halogens is 2. The van der Waals surface area contributed by atoms with Gasteiger partial charge in [0.25, 0.3) is 0 Å². The molecule has 0 amide bonds. The van der Waals surface area contributed by atoms with Gasteiger partial charge in [-0.05, 0) is 69.2 Å². The largest absolute Gasteiger partial charge is 0.424 e. The second-order valence-electron chi connectivity index (χ2n) is 5.55. The third-order valence-corrected chi connectivity index (χ3v) is 6.86. The van der Waals surface area contributed by atoms with Crippen LogP contribution in [0.3, 0.4) is 0 Å². The summed E-state index contributed by atoms with van der Waals surface area (Å²) in [6, 6.07) is 10.00. The molecule has 0 unspecified atom stereocenters. The number of hydrogen-bond acceptors (Lipinski definition) is 6. The molecule has 4 aromatic rings. The van der Waals surface area contributed by atoms with E-state index in [1.54, 1.807) is 23.7 Å². The number of nitrogen functional groups attached to an aromatic ring is 1. The van der Waals surface area contributed by atoms with E-state index in [0.29, 0.717) is 17.6 Å². The van der Waals surface area contributed by atoms with Crippen molar-refractivity contribution >= 4 is 65.8 Å². The first-order valence-corrected chi connectivity index (χ1v) is 10.3. The second-order valence-corrected chi connectivity index (χ2v) is 9.24. The van der Waals surface area contributed by atoms with E-state index in [9.17, 15) is 0 Å². The minimum Gasteiger partial charge on any atom is -0.424 e. The van der Waals surface area contributed by atoms with Gasteiger partial charge < -0.3 is 10.5 Å². The third-order valence-electron chi connectivity index (χ3n) is 3.78. The first-order chi connectivity index (χ1) is 12.5. The van der Waals surface area contributed by atoms with E-state index < -0.39 is 0 Å². The fourth-order valence-corrected chi connectivity index (χ4v) is 5.34. The lowest BCUT2D eigenvalue weighted by Gasteiger charge is -2.07. The van der Waals surface area contributed by atoms with Crippen molar-refractivity contribution < 1.29 is 4.74 Å². The normalized spacial score (nSPS) is 11.0. The molecule has 0 atom stereocenters. The molecule has 0 aliphatic carbocycles. The predicted octanol–water partition coefficient (Wildman–Crippen LogP) is 5.80. The van der Waals surface area contributed by atoms with Gasteiger partial charge in [-0.2, -0.15) is 0 Å². The maximum Gasteiger partial charge on any atom is 0.322 e. The zero-order valence-electron chi connectivity index (χ0n) is 13.5. The van der Waals surface area contributed by atoms with Crippen LogP contribution < -0.4 is 10.5 Å². The smallest absolute Gasteiger partial charge is 0.322 e. The summed E-state index contributed by atoms with van der Waals surface area (Å²) in [7, 11) is 0. The SMILES string of the molecule is Cc1ccnc(Oc2ccc(-c3c(I)sc4c(Br)cnc(N)c34)cc2)n1. The number of hydrogen-bond donors (Lipinski definition) is 1. The number of nitrogens with zero attached hydrogens (tertiary/aromatic N) is 3. The molecule has 0 fully saturated rings. The highest BCUT2D eigenvalue weighted by atomic mass is 127. The van der Waals surface area contributed by atoms with Gasteiger partial charge in [0.2, 0.25) is 0 Å². The number of ether oxygens (including phenoxy) is 1. The molecule has 1 aromatic carbocycles. The van der Waals surface area contributed by atoms with Crippen LogP contribution in [0.4, 0.5) is 5.82 Å². The van der Waals surface area contributed by atoms with Gasteiger partial charge in [-0.3, -0.25) is 0 Å². The summed E-state index contributed by atoms with van der Waals surface area (Å²) >= 11 is 7.60. The van der Waals surface area contributed by atoms with Crippen molar-refractivity contribution in [3.63, 3.8) is 0 Å². The van der Waals surface area contributed by atoms with Crippen LogP contribution in [0, 0.1) is 9.81 Å². The van der Waals surface area contributed by atoms with E-state index in [2.05, 4.69) is 53.5 Å².